The third kappa shape index (κ3) is 3.22. The Balaban J connectivity index is 1.69. The van der Waals surface area contributed by atoms with Gasteiger partial charge in [0.15, 0.2) is 6.10 Å². The van der Waals surface area contributed by atoms with Crippen LogP contribution in [0.2, 0.25) is 0 Å². The number of esters is 1. The van der Waals surface area contributed by atoms with Crippen LogP contribution in [-0.4, -0.2) is 27.9 Å². The van der Waals surface area contributed by atoms with E-state index in [1.54, 1.807) is 0 Å². The highest BCUT2D eigenvalue weighted by Crippen LogP contribution is 2.40. The van der Waals surface area contributed by atoms with Crippen molar-refractivity contribution < 1.29 is 14.3 Å². The predicted octanol–water partition coefficient (Wildman–Crippen LogP) is 3.40. The van der Waals surface area contributed by atoms with Crippen molar-refractivity contribution in [3.05, 3.63) is 83.1 Å². The molecule has 2 heterocycles. The van der Waals surface area contributed by atoms with E-state index in [0.29, 0.717) is 12.2 Å². The van der Waals surface area contributed by atoms with E-state index in [1.807, 2.05) is 60.7 Å². The smallest absolute Gasteiger partial charge is 0.357 e. The van der Waals surface area contributed by atoms with E-state index in [1.165, 1.54) is 16.7 Å². The van der Waals surface area contributed by atoms with Crippen LogP contribution in [0.25, 0.3) is 0 Å². The summed E-state index contributed by atoms with van der Waals surface area (Å²) in [6.07, 6.45) is -0.224. The van der Waals surface area contributed by atoms with E-state index >= 15 is 0 Å². The molecule has 5 nitrogen and oxygen atoms in total. The summed E-state index contributed by atoms with van der Waals surface area (Å²) in [4.78, 5) is 26.5. The number of carbonyl (C=O) groups is 2. The number of rotatable bonds is 4. The maximum Gasteiger partial charge on any atom is 0.357 e. The van der Waals surface area contributed by atoms with Crippen LogP contribution in [0.15, 0.2) is 71.9 Å². The minimum Gasteiger partial charge on any atom is -0.448 e. The van der Waals surface area contributed by atoms with Crippen LogP contribution in [0.3, 0.4) is 0 Å². The third-order valence-corrected chi connectivity index (χ3v) is 5.83. The Bertz CT molecular complexity index is 911. The molecule has 0 aromatic heterocycles. The number of nitriles is 1. The van der Waals surface area contributed by atoms with Crippen molar-refractivity contribution in [3.8, 4) is 6.07 Å². The Hall–Kier alpha value is -3.04. The molecule has 0 N–H and O–H groups in total. The van der Waals surface area contributed by atoms with E-state index in [0.717, 1.165) is 11.1 Å². The predicted molar refractivity (Wildman–Crippen MR) is 101 cm³/mol. The van der Waals surface area contributed by atoms with Crippen molar-refractivity contribution in [1.82, 2.24) is 4.90 Å². The molecule has 0 spiro atoms. The first-order valence-corrected chi connectivity index (χ1v) is 9.61. The van der Waals surface area contributed by atoms with Crippen LogP contribution in [0, 0.1) is 11.3 Å². The van der Waals surface area contributed by atoms with Crippen LogP contribution in [0.1, 0.15) is 23.7 Å². The zero-order chi connectivity index (χ0) is 18.8. The van der Waals surface area contributed by atoms with Gasteiger partial charge in [-0.1, -0.05) is 60.7 Å². The highest BCUT2D eigenvalue weighted by molar-refractivity contribution is 8.00. The van der Waals surface area contributed by atoms with Crippen LogP contribution >= 0.6 is 11.8 Å². The number of hydrogen-bond acceptors (Lipinski definition) is 5. The quantitative estimate of drug-likeness (QED) is 0.604. The van der Waals surface area contributed by atoms with Crippen molar-refractivity contribution in [3.63, 3.8) is 0 Å². The largest absolute Gasteiger partial charge is 0.448 e. The number of β-lactam (4-membered cyclic amide) rings is 1. The second kappa shape index (κ2) is 7.29. The second-order valence-electron chi connectivity index (χ2n) is 6.28. The van der Waals surface area contributed by atoms with Gasteiger partial charge in [0.05, 0.1) is 23.4 Å². The molecule has 0 unspecified atom stereocenters. The molecule has 1 saturated heterocycles. The summed E-state index contributed by atoms with van der Waals surface area (Å²) >= 11 is 1.50. The SMILES string of the molecule is N#CC1=C(C(=O)OC(c2ccccc2)c2ccccc2)N2C(=O)C[C@H]2SC1. The summed E-state index contributed by atoms with van der Waals surface area (Å²) in [6, 6.07) is 20.9. The fraction of sp³-hybridized carbons (Fsp3) is 0.190. The van der Waals surface area contributed by atoms with Gasteiger partial charge in [0.2, 0.25) is 5.91 Å². The average molecular weight is 376 g/mol. The maximum atomic E-state index is 13.0. The van der Waals surface area contributed by atoms with Crippen molar-refractivity contribution in [1.29, 1.82) is 5.26 Å². The maximum absolute atomic E-state index is 13.0. The van der Waals surface area contributed by atoms with Gasteiger partial charge in [0.25, 0.3) is 0 Å². The zero-order valence-electron chi connectivity index (χ0n) is 14.4. The molecule has 6 heteroatoms. The molecule has 0 saturated carbocycles. The van der Waals surface area contributed by atoms with Gasteiger partial charge in [-0.15, -0.1) is 11.8 Å². The summed E-state index contributed by atoms with van der Waals surface area (Å²) in [7, 11) is 0. The topological polar surface area (TPSA) is 70.4 Å². The molecular weight excluding hydrogens is 360 g/mol. The van der Waals surface area contributed by atoms with Gasteiger partial charge in [-0.05, 0) is 11.1 Å². The lowest BCUT2D eigenvalue weighted by Gasteiger charge is -2.43. The number of fused-ring (bicyclic) bond motifs is 1. The van der Waals surface area contributed by atoms with Crippen molar-refractivity contribution in [2.45, 2.75) is 17.9 Å². The molecule has 2 aliphatic rings. The normalized spacial score (nSPS) is 18.6. The van der Waals surface area contributed by atoms with Gasteiger partial charge in [-0.25, -0.2) is 4.79 Å². The summed E-state index contributed by atoms with van der Waals surface area (Å²) in [5.74, 6) is -0.373. The van der Waals surface area contributed by atoms with E-state index in [2.05, 4.69) is 6.07 Å². The number of carbonyl (C=O) groups excluding carboxylic acids is 2. The lowest BCUT2D eigenvalue weighted by atomic mass is 10.0. The van der Waals surface area contributed by atoms with Crippen LogP contribution in [0.4, 0.5) is 0 Å². The molecule has 1 atom stereocenters. The molecule has 2 aromatic rings. The summed E-state index contributed by atoms with van der Waals surface area (Å²) in [6.45, 7) is 0. The first-order valence-electron chi connectivity index (χ1n) is 8.57. The first kappa shape index (κ1) is 17.4. The Morgan fingerprint density at radius 3 is 2.22 bits per heavy atom. The molecule has 2 aliphatic heterocycles. The molecule has 27 heavy (non-hydrogen) atoms. The van der Waals surface area contributed by atoms with Gasteiger partial charge >= 0.3 is 5.97 Å². The minimum absolute atomic E-state index is 0.0796. The Morgan fingerprint density at radius 1 is 1.11 bits per heavy atom. The number of thioether (sulfide) groups is 1. The summed E-state index contributed by atoms with van der Waals surface area (Å²) < 4.78 is 5.84. The molecule has 1 amide bonds. The van der Waals surface area contributed by atoms with Crippen LogP contribution in [-0.2, 0) is 14.3 Å². The van der Waals surface area contributed by atoms with E-state index < -0.39 is 12.1 Å². The van der Waals surface area contributed by atoms with Crippen LogP contribution < -0.4 is 0 Å². The molecule has 4 rings (SSSR count). The molecule has 0 aliphatic carbocycles. The monoisotopic (exact) mass is 376 g/mol. The first-order chi connectivity index (χ1) is 13.2. The standard InChI is InChI=1S/C21H16N2O3S/c22-12-16-13-27-18-11-17(24)23(18)19(16)21(25)26-20(14-7-3-1-4-8-14)15-9-5-2-6-10-15/h1-10,18,20H,11,13H2/t18-/m1/s1. The van der Waals surface area contributed by atoms with E-state index in [9.17, 15) is 14.9 Å². The van der Waals surface area contributed by atoms with Crippen LogP contribution in [0.5, 0.6) is 0 Å². The Kier molecular flexibility index (Phi) is 4.69. The van der Waals surface area contributed by atoms with Crippen molar-refractivity contribution >= 4 is 23.6 Å². The summed E-state index contributed by atoms with van der Waals surface area (Å²) in [5.41, 5.74) is 2.03. The Morgan fingerprint density at radius 2 is 1.70 bits per heavy atom. The lowest BCUT2D eigenvalue weighted by molar-refractivity contribution is -0.151. The average Bonchev–Trinajstić information content (AvgIpc) is 2.71. The molecule has 0 radical (unpaired) electrons. The third-order valence-electron chi connectivity index (χ3n) is 4.61. The fourth-order valence-corrected chi connectivity index (χ4v) is 4.43. The van der Waals surface area contributed by atoms with E-state index in [4.69, 9.17) is 4.74 Å². The lowest BCUT2D eigenvalue weighted by Crippen LogP contribution is -2.54. The minimum atomic E-state index is -0.636. The molecule has 1 fully saturated rings. The number of ether oxygens (including phenoxy) is 1. The van der Waals surface area contributed by atoms with E-state index in [-0.39, 0.29) is 22.6 Å². The highest BCUT2D eigenvalue weighted by atomic mass is 32.2. The molecular formula is C21H16N2O3S. The molecule has 0 bridgehead atoms. The van der Waals surface area contributed by atoms with Crippen molar-refractivity contribution in [2.24, 2.45) is 0 Å². The van der Waals surface area contributed by atoms with Gasteiger partial charge in [0, 0.05) is 5.75 Å². The van der Waals surface area contributed by atoms with Gasteiger partial charge in [-0.3, -0.25) is 9.69 Å². The summed E-state index contributed by atoms with van der Waals surface area (Å²) in [5, 5.41) is 9.35. The fourth-order valence-electron chi connectivity index (χ4n) is 3.24. The molecule has 134 valence electrons. The molecule has 2 aromatic carbocycles. The van der Waals surface area contributed by atoms with Gasteiger partial charge < -0.3 is 4.74 Å². The van der Waals surface area contributed by atoms with Gasteiger partial charge in [0.1, 0.15) is 5.70 Å². The zero-order valence-corrected chi connectivity index (χ0v) is 15.2. The van der Waals surface area contributed by atoms with Gasteiger partial charge in [-0.2, -0.15) is 5.26 Å². The number of amides is 1. The number of hydrogen-bond donors (Lipinski definition) is 0. The van der Waals surface area contributed by atoms with Crippen molar-refractivity contribution in [2.75, 3.05) is 5.75 Å². The second-order valence-corrected chi connectivity index (χ2v) is 7.45. The Labute approximate surface area is 161 Å². The number of nitrogens with zero attached hydrogens (tertiary/aromatic N) is 2. The highest BCUT2D eigenvalue weighted by Gasteiger charge is 2.46. The number of benzene rings is 2.